The highest BCUT2D eigenvalue weighted by molar-refractivity contribution is 6.03. The SMILES string of the molecule is N#Cc1cccc(-c2cc(-c3ccc4c(c3)Oc3ccccc3C43c4ccccc4-c4ccccc43)cc(-c3ccc4ccc5cccnc5c4n3)c2)c1. The predicted octanol–water partition coefficient (Wildman–Crippen LogP) is 12.1. The lowest BCUT2D eigenvalue weighted by atomic mass is 9.66. The zero-order valence-electron chi connectivity index (χ0n) is 29.0. The number of para-hydroxylation sites is 1. The lowest BCUT2D eigenvalue weighted by molar-refractivity contribution is 0.436. The number of ether oxygens (including phenoxy) is 1. The van der Waals surface area contributed by atoms with Gasteiger partial charge in [-0.2, -0.15) is 5.26 Å². The van der Waals surface area contributed by atoms with E-state index in [0.29, 0.717) is 5.56 Å². The molecule has 4 nitrogen and oxygen atoms in total. The summed E-state index contributed by atoms with van der Waals surface area (Å²) in [5.74, 6) is 1.69. The first kappa shape index (κ1) is 30.3. The van der Waals surface area contributed by atoms with Gasteiger partial charge in [0.15, 0.2) is 0 Å². The number of hydrogen-bond donors (Lipinski definition) is 0. The Balaban J connectivity index is 1.13. The van der Waals surface area contributed by atoms with E-state index in [4.69, 9.17) is 14.7 Å². The Labute approximate surface area is 312 Å². The number of fused-ring (bicyclic) bond motifs is 12. The smallest absolute Gasteiger partial charge is 0.132 e. The molecule has 1 aliphatic carbocycles. The first-order valence-corrected chi connectivity index (χ1v) is 18.1. The molecule has 4 heteroatoms. The fourth-order valence-corrected chi connectivity index (χ4v) is 8.80. The van der Waals surface area contributed by atoms with E-state index >= 15 is 0 Å². The van der Waals surface area contributed by atoms with Gasteiger partial charge >= 0.3 is 0 Å². The molecule has 7 aromatic carbocycles. The van der Waals surface area contributed by atoms with E-state index < -0.39 is 5.41 Å². The second kappa shape index (κ2) is 11.6. The van der Waals surface area contributed by atoms with Crippen LogP contribution in [0.5, 0.6) is 11.5 Å². The second-order valence-electron chi connectivity index (χ2n) is 14.1. The Bertz CT molecular complexity index is 3020. The van der Waals surface area contributed by atoms with Crippen LogP contribution in [0.1, 0.15) is 27.8 Å². The number of hydrogen-bond acceptors (Lipinski definition) is 4. The summed E-state index contributed by atoms with van der Waals surface area (Å²) in [7, 11) is 0. The minimum absolute atomic E-state index is 0.521. The van der Waals surface area contributed by atoms with Crippen molar-refractivity contribution in [3.05, 3.63) is 204 Å². The van der Waals surface area contributed by atoms with Crippen LogP contribution in [0, 0.1) is 11.3 Å². The topological polar surface area (TPSA) is 58.8 Å². The van der Waals surface area contributed by atoms with Crippen LogP contribution in [0.4, 0.5) is 0 Å². The van der Waals surface area contributed by atoms with Crippen molar-refractivity contribution in [3.8, 4) is 62.2 Å². The molecule has 0 bridgehead atoms. The van der Waals surface area contributed by atoms with Crippen molar-refractivity contribution in [1.29, 1.82) is 5.26 Å². The molecule has 0 N–H and O–H groups in total. The van der Waals surface area contributed by atoms with Crippen LogP contribution in [0.15, 0.2) is 176 Å². The number of aromatic nitrogens is 2. The third-order valence-electron chi connectivity index (χ3n) is 11.2. The average molecular weight is 688 g/mol. The Kier molecular flexibility index (Phi) is 6.50. The van der Waals surface area contributed by atoms with E-state index in [-0.39, 0.29) is 0 Å². The molecule has 0 amide bonds. The predicted molar refractivity (Wildman–Crippen MR) is 215 cm³/mol. The lowest BCUT2D eigenvalue weighted by Crippen LogP contribution is -2.32. The van der Waals surface area contributed by atoms with Gasteiger partial charge in [-0.05, 0) is 99.1 Å². The van der Waals surface area contributed by atoms with Crippen molar-refractivity contribution in [3.63, 3.8) is 0 Å². The zero-order valence-corrected chi connectivity index (χ0v) is 29.0. The van der Waals surface area contributed by atoms with Crippen LogP contribution < -0.4 is 4.74 Å². The minimum Gasteiger partial charge on any atom is -0.457 e. The van der Waals surface area contributed by atoms with Crippen LogP contribution in [0.3, 0.4) is 0 Å². The first-order chi connectivity index (χ1) is 26.7. The maximum Gasteiger partial charge on any atom is 0.132 e. The van der Waals surface area contributed by atoms with E-state index in [9.17, 15) is 5.26 Å². The summed E-state index contributed by atoms with van der Waals surface area (Å²) < 4.78 is 6.85. The van der Waals surface area contributed by atoms with Crippen molar-refractivity contribution in [2.75, 3.05) is 0 Å². The van der Waals surface area contributed by atoms with Crippen LogP contribution in [0.2, 0.25) is 0 Å². The van der Waals surface area contributed by atoms with Gasteiger partial charge in [-0.3, -0.25) is 4.98 Å². The van der Waals surface area contributed by atoms with Crippen LogP contribution >= 0.6 is 0 Å². The van der Waals surface area contributed by atoms with E-state index in [0.717, 1.165) is 77.9 Å². The molecule has 11 rings (SSSR count). The fraction of sp³-hybridized carbons (Fsp3) is 0.0200. The maximum absolute atomic E-state index is 9.77. The molecule has 9 aromatic rings. The highest BCUT2D eigenvalue weighted by Crippen LogP contribution is 2.62. The van der Waals surface area contributed by atoms with E-state index in [1.165, 1.54) is 22.3 Å². The van der Waals surface area contributed by atoms with Crippen molar-refractivity contribution < 1.29 is 4.74 Å². The molecular weight excluding hydrogens is 659 g/mol. The summed E-state index contributed by atoms with van der Waals surface area (Å²) in [4.78, 5) is 9.93. The Hall–Kier alpha value is -7.35. The van der Waals surface area contributed by atoms with Gasteiger partial charge < -0.3 is 4.74 Å². The van der Waals surface area contributed by atoms with Gasteiger partial charge in [0.25, 0.3) is 0 Å². The summed E-state index contributed by atoms with van der Waals surface area (Å²) >= 11 is 0. The second-order valence-corrected chi connectivity index (χ2v) is 14.1. The molecule has 0 unspecified atom stereocenters. The Morgan fingerprint density at radius 3 is 1.89 bits per heavy atom. The number of benzene rings is 7. The maximum atomic E-state index is 9.77. The minimum atomic E-state index is -0.521. The summed E-state index contributed by atoms with van der Waals surface area (Å²) in [6.45, 7) is 0. The molecule has 0 atom stereocenters. The number of nitrogens with zero attached hydrogens (tertiary/aromatic N) is 3. The number of pyridine rings is 2. The lowest BCUT2D eigenvalue weighted by Gasteiger charge is -2.39. The van der Waals surface area contributed by atoms with Gasteiger partial charge in [0, 0.05) is 33.7 Å². The molecule has 250 valence electrons. The number of rotatable bonds is 3. The molecule has 0 radical (unpaired) electrons. The first-order valence-electron chi connectivity index (χ1n) is 18.1. The normalized spacial score (nSPS) is 13.1. The van der Waals surface area contributed by atoms with Gasteiger partial charge in [0.2, 0.25) is 0 Å². The molecule has 0 saturated carbocycles. The molecule has 54 heavy (non-hydrogen) atoms. The van der Waals surface area contributed by atoms with Crippen molar-refractivity contribution >= 4 is 21.8 Å². The standard InChI is InChI=1S/C50H29N3O/c51-30-31-9-7-10-34(25-31)36-26-37(28-38(27-36)45-23-21-33-19-18-32-11-8-24-52-48(32)49(33)53-45)35-20-22-44-47(29-35)54-46-17-6-5-16-43(46)50(44)41-14-3-1-12-39(41)40-13-2-4-15-42(40)50/h1-29H. The third-order valence-corrected chi connectivity index (χ3v) is 11.2. The number of nitriles is 1. The average Bonchev–Trinajstić information content (AvgIpc) is 3.53. The van der Waals surface area contributed by atoms with E-state index in [1.807, 2.05) is 30.5 Å². The molecule has 2 aliphatic rings. The van der Waals surface area contributed by atoms with Crippen LogP contribution in [-0.4, -0.2) is 9.97 Å². The van der Waals surface area contributed by atoms with Crippen molar-refractivity contribution in [1.82, 2.24) is 9.97 Å². The van der Waals surface area contributed by atoms with Gasteiger partial charge in [-0.15, -0.1) is 0 Å². The Morgan fingerprint density at radius 2 is 1.11 bits per heavy atom. The van der Waals surface area contributed by atoms with Gasteiger partial charge in [0.1, 0.15) is 11.5 Å². The molecule has 3 heterocycles. The van der Waals surface area contributed by atoms with Gasteiger partial charge in [0.05, 0.1) is 33.8 Å². The largest absolute Gasteiger partial charge is 0.457 e. The quantitative estimate of drug-likeness (QED) is 0.174. The highest BCUT2D eigenvalue weighted by Gasteiger charge is 2.50. The molecule has 0 fully saturated rings. The van der Waals surface area contributed by atoms with Crippen molar-refractivity contribution in [2.45, 2.75) is 5.41 Å². The summed E-state index contributed by atoms with van der Waals surface area (Å²) in [6, 6.07) is 61.8. The third kappa shape index (κ3) is 4.36. The molecule has 1 spiro atoms. The highest BCUT2D eigenvalue weighted by atomic mass is 16.5. The van der Waals surface area contributed by atoms with Crippen molar-refractivity contribution in [2.24, 2.45) is 0 Å². The molecule has 2 aromatic heterocycles. The Morgan fingerprint density at radius 1 is 0.463 bits per heavy atom. The van der Waals surface area contributed by atoms with Gasteiger partial charge in [-0.1, -0.05) is 115 Å². The molecular formula is C50H29N3O. The molecule has 0 saturated heterocycles. The summed E-state index contributed by atoms with van der Waals surface area (Å²) in [6.07, 6.45) is 1.82. The van der Waals surface area contributed by atoms with Gasteiger partial charge in [-0.25, -0.2) is 4.98 Å². The monoisotopic (exact) mass is 687 g/mol. The molecule has 1 aliphatic heterocycles. The van der Waals surface area contributed by atoms with Crippen LogP contribution in [0.25, 0.3) is 66.4 Å². The van der Waals surface area contributed by atoms with E-state index in [2.05, 4.69) is 152 Å². The zero-order chi connectivity index (χ0) is 35.8. The fourth-order valence-electron chi connectivity index (χ4n) is 8.80. The van der Waals surface area contributed by atoms with Crippen LogP contribution in [-0.2, 0) is 5.41 Å². The summed E-state index contributed by atoms with van der Waals surface area (Å²) in [5, 5.41) is 11.9. The summed E-state index contributed by atoms with van der Waals surface area (Å²) in [5.41, 5.74) is 15.0. The van der Waals surface area contributed by atoms with E-state index in [1.54, 1.807) is 0 Å².